The molecule has 0 atom stereocenters. The minimum atomic E-state index is -0.410. The second-order valence-electron chi connectivity index (χ2n) is 8.03. The third kappa shape index (κ3) is 4.35. The topological polar surface area (TPSA) is 54.8 Å². The summed E-state index contributed by atoms with van der Waals surface area (Å²) in [7, 11) is 0. The summed E-state index contributed by atoms with van der Waals surface area (Å²) in [5, 5.41) is 11.2. The van der Waals surface area contributed by atoms with E-state index in [1.807, 2.05) is 17.7 Å². The SMILES string of the molecule is Cc1cc(Nc2cc(Cl)c(F)c(CC3CCNCC3)n2)nn1C(C)(C)C. The van der Waals surface area contributed by atoms with Crippen molar-refractivity contribution >= 4 is 23.2 Å². The zero-order valence-electron chi connectivity index (χ0n) is 15.9. The predicted octanol–water partition coefficient (Wildman–Crippen LogP) is 4.42. The van der Waals surface area contributed by atoms with Crippen molar-refractivity contribution in [3.63, 3.8) is 0 Å². The van der Waals surface area contributed by atoms with Crippen molar-refractivity contribution in [2.24, 2.45) is 5.92 Å². The Kier molecular flexibility index (Phi) is 5.53. The molecule has 1 aliphatic rings. The number of aromatic nitrogens is 3. The molecular formula is C19H27ClFN5. The maximum atomic E-state index is 14.4. The molecular weight excluding hydrogens is 353 g/mol. The lowest BCUT2D eigenvalue weighted by Crippen LogP contribution is -2.29. The Morgan fingerprint density at radius 1 is 1.27 bits per heavy atom. The molecule has 1 fully saturated rings. The summed E-state index contributed by atoms with van der Waals surface area (Å²) < 4.78 is 16.4. The smallest absolute Gasteiger partial charge is 0.163 e. The van der Waals surface area contributed by atoms with Gasteiger partial charge in [-0.3, -0.25) is 4.68 Å². The van der Waals surface area contributed by atoms with Gasteiger partial charge in [-0.1, -0.05) is 11.6 Å². The average Bonchev–Trinajstić information content (AvgIpc) is 2.94. The zero-order valence-corrected chi connectivity index (χ0v) is 16.6. The fourth-order valence-electron chi connectivity index (χ4n) is 3.45. The summed E-state index contributed by atoms with van der Waals surface area (Å²) in [6.45, 7) is 10.3. The molecule has 0 aliphatic carbocycles. The van der Waals surface area contributed by atoms with Crippen LogP contribution in [-0.2, 0) is 12.0 Å². The fraction of sp³-hybridized carbons (Fsp3) is 0.579. The number of anilines is 2. The van der Waals surface area contributed by atoms with Crippen LogP contribution in [0, 0.1) is 18.7 Å². The molecule has 7 heteroatoms. The Bertz CT molecular complexity index is 775. The van der Waals surface area contributed by atoms with Crippen LogP contribution in [0.15, 0.2) is 12.1 Å². The van der Waals surface area contributed by atoms with Gasteiger partial charge < -0.3 is 10.6 Å². The average molecular weight is 380 g/mol. The largest absolute Gasteiger partial charge is 0.323 e. The molecule has 0 spiro atoms. The molecule has 3 heterocycles. The van der Waals surface area contributed by atoms with Gasteiger partial charge >= 0.3 is 0 Å². The Hall–Kier alpha value is -1.66. The second-order valence-corrected chi connectivity index (χ2v) is 8.43. The van der Waals surface area contributed by atoms with Crippen molar-refractivity contribution in [1.29, 1.82) is 0 Å². The van der Waals surface area contributed by atoms with Crippen LogP contribution >= 0.6 is 11.6 Å². The number of rotatable bonds is 4. The van der Waals surface area contributed by atoms with E-state index in [-0.39, 0.29) is 10.6 Å². The van der Waals surface area contributed by atoms with Crippen molar-refractivity contribution in [2.45, 2.75) is 52.5 Å². The molecule has 0 bridgehead atoms. The van der Waals surface area contributed by atoms with E-state index in [1.54, 1.807) is 0 Å². The van der Waals surface area contributed by atoms with Crippen LogP contribution in [0.5, 0.6) is 0 Å². The predicted molar refractivity (Wildman–Crippen MR) is 104 cm³/mol. The summed E-state index contributed by atoms with van der Waals surface area (Å²) in [5.41, 5.74) is 1.36. The summed E-state index contributed by atoms with van der Waals surface area (Å²) in [5.74, 6) is 1.23. The lowest BCUT2D eigenvalue weighted by Gasteiger charge is -2.22. The van der Waals surface area contributed by atoms with E-state index in [4.69, 9.17) is 11.6 Å². The lowest BCUT2D eigenvalue weighted by atomic mass is 9.93. The quantitative estimate of drug-likeness (QED) is 0.825. The molecule has 1 saturated heterocycles. The lowest BCUT2D eigenvalue weighted by molar-refractivity contribution is 0.349. The molecule has 0 aromatic carbocycles. The summed E-state index contributed by atoms with van der Waals surface area (Å²) in [4.78, 5) is 4.48. The number of hydrogen-bond acceptors (Lipinski definition) is 4. The highest BCUT2D eigenvalue weighted by molar-refractivity contribution is 6.31. The Labute approximate surface area is 159 Å². The molecule has 0 saturated carbocycles. The molecule has 2 aromatic heterocycles. The van der Waals surface area contributed by atoms with Gasteiger partial charge in [0.1, 0.15) is 5.82 Å². The van der Waals surface area contributed by atoms with E-state index in [2.05, 4.69) is 41.5 Å². The minimum Gasteiger partial charge on any atom is -0.323 e. The highest BCUT2D eigenvalue weighted by Gasteiger charge is 2.20. The van der Waals surface area contributed by atoms with Crippen LogP contribution in [0.4, 0.5) is 16.0 Å². The van der Waals surface area contributed by atoms with Crippen molar-refractivity contribution in [1.82, 2.24) is 20.1 Å². The maximum absolute atomic E-state index is 14.4. The van der Waals surface area contributed by atoms with Gasteiger partial charge in [0.2, 0.25) is 0 Å². The molecule has 5 nitrogen and oxygen atoms in total. The highest BCUT2D eigenvalue weighted by Crippen LogP contribution is 2.27. The van der Waals surface area contributed by atoms with Crippen LogP contribution in [0.1, 0.15) is 45.0 Å². The number of aryl methyl sites for hydroxylation is 1. The second kappa shape index (κ2) is 7.53. The van der Waals surface area contributed by atoms with Gasteiger partial charge in [-0.25, -0.2) is 9.37 Å². The van der Waals surface area contributed by atoms with Crippen LogP contribution in [0.25, 0.3) is 0 Å². The fourth-order valence-corrected chi connectivity index (χ4v) is 3.66. The Balaban J connectivity index is 1.82. The third-order valence-electron chi connectivity index (χ3n) is 4.70. The van der Waals surface area contributed by atoms with Crippen LogP contribution < -0.4 is 10.6 Å². The number of halogens is 2. The van der Waals surface area contributed by atoms with E-state index in [1.165, 1.54) is 6.07 Å². The first-order valence-electron chi connectivity index (χ1n) is 9.14. The van der Waals surface area contributed by atoms with E-state index in [9.17, 15) is 4.39 Å². The van der Waals surface area contributed by atoms with E-state index >= 15 is 0 Å². The van der Waals surface area contributed by atoms with Gasteiger partial charge in [-0.2, -0.15) is 5.10 Å². The monoisotopic (exact) mass is 379 g/mol. The Morgan fingerprint density at radius 3 is 2.58 bits per heavy atom. The molecule has 2 aromatic rings. The summed E-state index contributed by atoms with van der Waals surface area (Å²) in [6, 6.07) is 3.48. The first-order valence-corrected chi connectivity index (χ1v) is 9.51. The van der Waals surface area contributed by atoms with Crippen LogP contribution in [0.2, 0.25) is 5.02 Å². The van der Waals surface area contributed by atoms with E-state index < -0.39 is 5.82 Å². The maximum Gasteiger partial charge on any atom is 0.163 e. The Morgan fingerprint density at radius 2 is 1.96 bits per heavy atom. The van der Waals surface area contributed by atoms with Crippen molar-refractivity contribution in [3.8, 4) is 0 Å². The number of nitrogens with one attached hydrogen (secondary N) is 2. The van der Waals surface area contributed by atoms with Gasteiger partial charge in [0, 0.05) is 17.8 Å². The molecule has 2 N–H and O–H groups in total. The normalized spacial score (nSPS) is 16.1. The van der Waals surface area contributed by atoms with Gasteiger partial charge in [0.05, 0.1) is 16.3 Å². The number of hydrogen-bond donors (Lipinski definition) is 2. The van der Waals surface area contributed by atoms with Crippen molar-refractivity contribution < 1.29 is 4.39 Å². The molecule has 26 heavy (non-hydrogen) atoms. The highest BCUT2D eigenvalue weighted by atomic mass is 35.5. The number of pyridine rings is 1. The molecule has 142 valence electrons. The number of piperidine rings is 1. The zero-order chi connectivity index (χ0) is 18.9. The molecule has 0 radical (unpaired) electrons. The summed E-state index contributed by atoms with van der Waals surface area (Å²) in [6.07, 6.45) is 2.68. The molecule has 1 aliphatic heterocycles. The van der Waals surface area contributed by atoms with Crippen LogP contribution in [0.3, 0.4) is 0 Å². The van der Waals surface area contributed by atoms with Crippen molar-refractivity contribution in [3.05, 3.63) is 34.4 Å². The standard InChI is InChI=1S/C19H27ClFN5/c1-12-9-17(25-26(12)19(2,3)4)24-16-11-14(20)18(21)15(23-16)10-13-5-7-22-8-6-13/h9,11,13,22H,5-8,10H2,1-4H3,(H,23,24,25). The molecule has 0 unspecified atom stereocenters. The third-order valence-corrected chi connectivity index (χ3v) is 4.98. The van der Waals surface area contributed by atoms with E-state index in [0.29, 0.717) is 29.7 Å². The van der Waals surface area contributed by atoms with Gasteiger partial charge in [0.15, 0.2) is 11.6 Å². The first kappa shape index (κ1) is 19.1. The van der Waals surface area contributed by atoms with Crippen LogP contribution in [-0.4, -0.2) is 27.9 Å². The molecule has 3 rings (SSSR count). The van der Waals surface area contributed by atoms with Gasteiger partial charge in [-0.05, 0) is 66.0 Å². The minimum absolute atomic E-state index is 0.0958. The van der Waals surface area contributed by atoms with E-state index in [0.717, 1.165) is 31.6 Å². The summed E-state index contributed by atoms with van der Waals surface area (Å²) >= 11 is 6.12. The number of nitrogens with zero attached hydrogens (tertiary/aromatic N) is 3. The van der Waals surface area contributed by atoms with Gasteiger partial charge in [-0.15, -0.1) is 0 Å². The molecule has 0 amide bonds. The first-order chi connectivity index (χ1) is 12.2. The van der Waals surface area contributed by atoms with Crippen molar-refractivity contribution in [2.75, 3.05) is 18.4 Å². The van der Waals surface area contributed by atoms with Gasteiger partial charge in [0.25, 0.3) is 0 Å².